The lowest BCUT2D eigenvalue weighted by Gasteiger charge is -2.27. The number of hydrogen-bond donors (Lipinski definition) is 0. The molecule has 0 unspecified atom stereocenters. The Morgan fingerprint density at radius 3 is 2.62 bits per heavy atom. The Kier molecular flexibility index (Phi) is 4.13. The number of likely N-dealkylation sites (N-methyl/N-ethyl adjacent to an activating group) is 1. The van der Waals surface area contributed by atoms with Crippen molar-refractivity contribution in [2.24, 2.45) is 0 Å². The second-order valence-corrected chi connectivity index (χ2v) is 6.22. The molecule has 0 spiro atoms. The van der Waals surface area contributed by atoms with Crippen molar-refractivity contribution in [1.82, 2.24) is 19.7 Å². The van der Waals surface area contributed by atoms with Crippen molar-refractivity contribution in [2.75, 3.05) is 14.1 Å². The Labute approximate surface area is 130 Å². The summed E-state index contributed by atoms with van der Waals surface area (Å²) in [5.74, 6) is -0.564. The van der Waals surface area contributed by atoms with Crippen LogP contribution < -0.4 is 0 Å². The molecule has 2 aromatic rings. The smallest absolute Gasteiger partial charge is 0.249 e. The number of nitrogens with zero attached hydrogens (tertiary/aromatic N) is 4. The number of carbonyl (C=O) groups excluding carboxylic acids is 1. The summed E-state index contributed by atoms with van der Waals surface area (Å²) >= 11 is 3.35. The molecule has 0 fully saturated rings. The van der Waals surface area contributed by atoms with Crippen LogP contribution in [0, 0.1) is 5.82 Å². The SMILES string of the molecule is CN(C)C(=O)C(C)(C)n1cc(Br)c(-c2ncccc2F)n1. The highest BCUT2D eigenvalue weighted by atomic mass is 79.9. The van der Waals surface area contributed by atoms with E-state index < -0.39 is 11.4 Å². The summed E-state index contributed by atoms with van der Waals surface area (Å²) in [5.41, 5.74) is -0.362. The molecule has 0 aliphatic rings. The van der Waals surface area contributed by atoms with Crippen LogP contribution in [0.2, 0.25) is 0 Å². The number of hydrogen-bond acceptors (Lipinski definition) is 3. The zero-order chi connectivity index (χ0) is 15.8. The summed E-state index contributed by atoms with van der Waals surface area (Å²) in [4.78, 5) is 17.8. The Bertz CT molecular complexity index is 681. The van der Waals surface area contributed by atoms with Crippen LogP contribution in [-0.2, 0) is 10.3 Å². The number of carbonyl (C=O) groups is 1. The van der Waals surface area contributed by atoms with Crippen LogP contribution in [0.15, 0.2) is 29.0 Å². The fraction of sp³-hybridized carbons (Fsp3) is 0.357. The van der Waals surface area contributed by atoms with Gasteiger partial charge in [0.15, 0.2) is 5.82 Å². The quantitative estimate of drug-likeness (QED) is 0.851. The molecular weight excluding hydrogens is 339 g/mol. The predicted octanol–water partition coefficient (Wildman–Crippen LogP) is 2.67. The second kappa shape index (κ2) is 5.55. The molecule has 0 N–H and O–H groups in total. The van der Waals surface area contributed by atoms with Gasteiger partial charge in [0.1, 0.15) is 16.9 Å². The minimum Gasteiger partial charge on any atom is -0.347 e. The van der Waals surface area contributed by atoms with E-state index in [1.165, 1.54) is 27.9 Å². The largest absolute Gasteiger partial charge is 0.347 e. The highest BCUT2D eigenvalue weighted by Gasteiger charge is 2.33. The summed E-state index contributed by atoms with van der Waals surface area (Å²) in [5, 5.41) is 4.34. The first-order valence-electron chi connectivity index (χ1n) is 6.33. The van der Waals surface area contributed by atoms with Gasteiger partial charge in [-0.1, -0.05) is 0 Å². The lowest BCUT2D eigenvalue weighted by atomic mass is 10.0. The second-order valence-electron chi connectivity index (χ2n) is 5.36. The van der Waals surface area contributed by atoms with Gasteiger partial charge in [0.25, 0.3) is 0 Å². The summed E-state index contributed by atoms with van der Waals surface area (Å²) in [7, 11) is 3.36. The van der Waals surface area contributed by atoms with Gasteiger partial charge in [-0.25, -0.2) is 4.39 Å². The van der Waals surface area contributed by atoms with E-state index in [4.69, 9.17) is 0 Å². The van der Waals surface area contributed by atoms with Crippen LogP contribution in [-0.4, -0.2) is 39.7 Å². The van der Waals surface area contributed by atoms with E-state index >= 15 is 0 Å². The van der Waals surface area contributed by atoms with Crippen molar-refractivity contribution < 1.29 is 9.18 Å². The summed E-state index contributed by atoms with van der Waals surface area (Å²) in [6.07, 6.45) is 3.16. The summed E-state index contributed by atoms with van der Waals surface area (Å²) < 4.78 is 15.9. The average molecular weight is 355 g/mol. The van der Waals surface area contributed by atoms with Gasteiger partial charge in [0.2, 0.25) is 5.91 Å². The van der Waals surface area contributed by atoms with Gasteiger partial charge in [-0.3, -0.25) is 14.5 Å². The lowest BCUT2D eigenvalue weighted by Crippen LogP contribution is -2.44. The molecule has 0 bridgehead atoms. The molecule has 0 aliphatic carbocycles. The maximum atomic E-state index is 13.8. The Morgan fingerprint density at radius 2 is 2.05 bits per heavy atom. The van der Waals surface area contributed by atoms with Crippen LogP contribution >= 0.6 is 15.9 Å². The van der Waals surface area contributed by atoms with E-state index in [9.17, 15) is 9.18 Å². The molecule has 112 valence electrons. The van der Waals surface area contributed by atoms with E-state index in [0.29, 0.717) is 10.2 Å². The van der Waals surface area contributed by atoms with Crippen LogP contribution in [0.4, 0.5) is 4.39 Å². The van der Waals surface area contributed by atoms with Gasteiger partial charge in [-0.2, -0.15) is 5.10 Å². The Hall–Kier alpha value is -1.76. The molecule has 1 amide bonds. The molecule has 21 heavy (non-hydrogen) atoms. The molecule has 7 heteroatoms. The lowest BCUT2D eigenvalue weighted by molar-refractivity contribution is -0.137. The molecular formula is C14H16BrFN4O. The standard InChI is InChI=1S/C14H16BrFN4O/c1-14(2,13(21)19(3)4)20-8-9(15)11(18-20)12-10(16)6-5-7-17-12/h5-8H,1-4H3. The third-order valence-corrected chi connectivity index (χ3v) is 3.73. The maximum Gasteiger partial charge on any atom is 0.249 e. The first-order chi connectivity index (χ1) is 9.75. The van der Waals surface area contributed by atoms with Crippen molar-refractivity contribution in [2.45, 2.75) is 19.4 Å². The van der Waals surface area contributed by atoms with Crippen LogP contribution in [0.25, 0.3) is 11.4 Å². The highest BCUT2D eigenvalue weighted by molar-refractivity contribution is 9.10. The van der Waals surface area contributed by atoms with Gasteiger partial charge in [-0.05, 0) is 41.9 Å². The monoisotopic (exact) mass is 354 g/mol. The van der Waals surface area contributed by atoms with Crippen LogP contribution in [0.3, 0.4) is 0 Å². The normalized spacial score (nSPS) is 11.5. The highest BCUT2D eigenvalue weighted by Crippen LogP contribution is 2.29. The molecule has 0 aromatic carbocycles. The topological polar surface area (TPSA) is 51.0 Å². The molecule has 0 saturated heterocycles. The van der Waals surface area contributed by atoms with E-state index in [2.05, 4.69) is 26.0 Å². The predicted molar refractivity (Wildman–Crippen MR) is 81.1 cm³/mol. The minimum atomic E-state index is -0.879. The molecule has 5 nitrogen and oxygen atoms in total. The van der Waals surface area contributed by atoms with E-state index in [-0.39, 0.29) is 11.6 Å². The minimum absolute atomic E-state index is 0.106. The number of rotatable bonds is 3. The van der Waals surface area contributed by atoms with Crippen LogP contribution in [0.1, 0.15) is 13.8 Å². The summed E-state index contributed by atoms with van der Waals surface area (Å²) in [6, 6.07) is 2.84. The fourth-order valence-electron chi connectivity index (χ4n) is 2.00. The molecule has 0 radical (unpaired) electrons. The zero-order valence-corrected chi connectivity index (χ0v) is 13.8. The zero-order valence-electron chi connectivity index (χ0n) is 12.3. The first kappa shape index (κ1) is 15.6. The molecule has 0 aliphatic heterocycles. The number of pyridine rings is 1. The fourth-order valence-corrected chi connectivity index (χ4v) is 2.47. The third-order valence-electron chi connectivity index (χ3n) is 3.15. The van der Waals surface area contributed by atoms with Crippen molar-refractivity contribution in [1.29, 1.82) is 0 Å². The average Bonchev–Trinajstić information content (AvgIpc) is 2.81. The Balaban J connectivity index is 2.50. The number of aromatic nitrogens is 3. The van der Waals surface area contributed by atoms with Crippen molar-refractivity contribution in [3.8, 4) is 11.4 Å². The molecule has 0 saturated carbocycles. The third kappa shape index (κ3) is 2.83. The van der Waals surface area contributed by atoms with Crippen molar-refractivity contribution in [3.05, 3.63) is 34.8 Å². The number of amides is 1. The first-order valence-corrected chi connectivity index (χ1v) is 7.12. The van der Waals surface area contributed by atoms with Gasteiger partial charge < -0.3 is 4.90 Å². The maximum absolute atomic E-state index is 13.8. The van der Waals surface area contributed by atoms with E-state index in [1.807, 2.05) is 0 Å². The molecule has 2 aromatic heterocycles. The van der Waals surface area contributed by atoms with Crippen LogP contribution in [0.5, 0.6) is 0 Å². The molecule has 2 heterocycles. The van der Waals surface area contributed by atoms with Gasteiger partial charge in [0, 0.05) is 26.5 Å². The Morgan fingerprint density at radius 1 is 1.38 bits per heavy atom. The van der Waals surface area contributed by atoms with Crippen molar-refractivity contribution >= 4 is 21.8 Å². The van der Waals surface area contributed by atoms with Gasteiger partial charge in [-0.15, -0.1) is 0 Å². The van der Waals surface area contributed by atoms with Gasteiger partial charge in [0.05, 0.1) is 4.47 Å². The molecule has 0 atom stereocenters. The summed E-state index contributed by atoms with van der Waals surface area (Å²) in [6.45, 7) is 3.51. The van der Waals surface area contributed by atoms with Crippen molar-refractivity contribution in [3.63, 3.8) is 0 Å². The van der Waals surface area contributed by atoms with E-state index in [1.54, 1.807) is 34.1 Å². The van der Waals surface area contributed by atoms with E-state index in [0.717, 1.165) is 0 Å². The molecule has 2 rings (SSSR count). The number of halogens is 2. The van der Waals surface area contributed by atoms with Gasteiger partial charge >= 0.3 is 0 Å².